The number of nitrogens with zero attached hydrogens (tertiary/aromatic N) is 10. The number of carbonyl (C=O) groups excluding carboxylic acids is 3. The van der Waals surface area contributed by atoms with E-state index in [1.54, 1.807) is 22.3 Å². The van der Waals surface area contributed by atoms with E-state index in [2.05, 4.69) is 47.8 Å². The first-order chi connectivity index (χ1) is 30.9. The van der Waals surface area contributed by atoms with Gasteiger partial charge in [-0.1, -0.05) is 12.1 Å². The van der Waals surface area contributed by atoms with Crippen LogP contribution in [0.2, 0.25) is 0 Å². The van der Waals surface area contributed by atoms with Gasteiger partial charge in [-0.2, -0.15) is 0 Å². The molecule has 0 spiro atoms. The molecule has 6 aliphatic rings. The number of imide groups is 1. The van der Waals surface area contributed by atoms with Gasteiger partial charge in [-0.3, -0.25) is 43.5 Å². The second-order valence-corrected chi connectivity index (χ2v) is 18.4. The number of halogens is 2. The summed E-state index contributed by atoms with van der Waals surface area (Å²) in [6.07, 6.45) is 5.16. The van der Waals surface area contributed by atoms with E-state index in [9.17, 15) is 19.2 Å². The monoisotopic (exact) mass is 877 g/mol. The first-order valence-electron chi connectivity index (χ1n) is 22.6. The van der Waals surface area contributed by atoms with Gasteiger partial charge in [0.05, 0.1) is 35.5 Å². The fourth-order valence-electron chi connectivity index (χ4n) is 10.7. The standard InChI is InChI=1S/C45H53F2N13O4/c1-48-32-21-39(52-60-37(22-49-41(32)60)43(63)50-28-6-7-28)58-15-12-31-27(4-3-5-33(31)58)23-54-14-13-38(45(46,47)26-54)57-24-30(25-57)56-18-16-55(17-19-56)29-8-9-34-36(20-29)53(2)44(64)59(34)35-10-11-40(61)51-42(35)62/h3-5,8-9,20-22,28,30,35,38,48H,6-7,10-19,23-26H2,1-2H3,(H,50,63)(H,51,61,62). The van der Waals surface area contributed by atoms with Gasteiger partial charge in [0.2, 0.25) is 11.8 Å². The lowest BCUT2D eigenvalue weighted by molar-refractivity contribution is -0.154. The molecule has 5 fully saturated rings. The minimum absolute atomic E-state index is 0.190. The third-order valence-electron chi connectivity index (χ3n) is 14.4. The predicted molar refractivity (Wildman–Crippen MR) is 237 cm³/mol. The Morgan fingerprint density at radius 2 is 1.73 bits per heavy atom. The maximum atomic E-state index is 16.1. The van der Waals surface area contributed by atoms with Crippen molar-refractivity contribution in [1.29, 1.82) is 0 Å². The molecule has 4 saturated heterocycles. The Morgan fingerprint density at radius 3 is 2.48 bits per heavy atom. The Kier molecular flexibility index (Phi) is 9.99. The van der Waals surface area contributed by atoms with E-state index >= 15 is 8.78 Å². The number of nitrogens with one attached hydrogen (secondary N) is 3. The number of aromatic nitrogens is 5. The number of likely N-dealkylation sites (tertiary alicyclic amines) is 2. The van der Waals surface area contributed by atoms with E-state index in [1.807, 2.05) is 47.2 Å². The number of alkyl halides is 2. The van der Waals surface area contributed by atoms with Gasteiger partial charge in [-0.15, -0.1) is 5.10 Å². The highest BCUT2D eigenvalue weighted by Gasteiger charge is 2.51. The number of fused-ring (bicyclic) bond motifs is 3. The Hall–Kier alpha value is -5.92. The van der Waals surface area contributed by atoms with E-state index in [1.165, 1.54) is 4.57 Å². The zero-order valence-electron chi connectivity index (χ0n) is 36.1. The Bertz CT molecular complexity index is 2750. The molecule has 5 aliphatic heterocycles. The van der Waals surface area contributed by atoms with Crippen molar-refractivity contribution in [3.8, 4) is 0 Å². The molecular formula is C45H53F2N13O4. The highest BCUT2D eigenvalue weighted by Crippen LogP contribution is 2.40. The number of amides is 3. The first-order valence-corrected chi connectivity index (χ1v) is 22.6. The molecule has 0 bridgehead atoms. The van der Waals surface area contributed by atoms with Crippen LogP contribution < -0.4 is 31.4 Å². The molecule has 11 rings (SSSR count). The van der Waals surface area contributed by atoms with E-state index in [0.717, 1.165) is 79.1 Å². The molecule has 2 aromatic carbocycles. The van der Waals surface area contributed by atoms with Crippen LogP contribution in [0.4, 0.5) is 31.7 Å². The maximum Gasteiger partial charge on any atom is 0.329 e. The molecule has 336 valence electrons. The molecule has 0 radical (unpaired) electrons. The van der Waals surface area contributed by atoms with Gasteiger partial charge in [-0.25, -0.2) is 23.1 Å². The second-order valence-electron chi connectivity index (χ2n) is 18.4. The zero-order valence-corrected chi connectivity index (χ0v) is 36.1. The molecule has 17 nitrogen and oxygen atoms in total. The average molecular weight is 878 g/mol. The van der Waals surface area contributed by atoms with Gasteiger partial charge < -0.3 is 20.4 Å². The summed E-state index contributed by atoms with van der Waals surface area (Å²) < 4.78 is 36.8. The average Bonchev–Trinajstić information content (AvgIpc) is 3.69. The molecule has 2 atom stereocenters. The first kappa shape index (κ1) is 40.8. The van der Waals surface area contributed by atoms with Crippen molar-refractivity contribution in [1.82, 2.24) is 49.1 Å². The fraction of sp³-hybridized carbons (Fsp3) is 0.511. The van der Waals surface area contributed by atoms with Crippen molar-refractivity contribution >= 4 is 57.3 Å². The van der Waals surface area contributed by atoms with Gasteiger partial charge in [0.1, 0.15) is 6.04 Å². The summed E-state index contributed by atoms with van der Waals surface area (Å²) in [6.45, 7) is 5.85. The molecule has 3 amide bonds. The van der Waals surface area contributed by atoms with E-state index < -0.39 is 23.9 Å². The summed E-state index contributed by atoms with van der Waals surface area (Å²) in [6, 6.07) is 12.8. The van der Waals surface area contributed by atoms with Crippen molar-refractivity contribution in [3.63, 3.8) is 0 Å². The van der Waals surface area contributed by atoms with Crippen LogP contribution in [-0.4, -0.2) is 146 Å². The van der Waals surface area contributed by atoms with Gasteiger partial charge in [0.25, 0.3) is 11.8 Å². The van der Waals surface area contributed by atoms with Gasteiger partial charge in [0, 0.05) is 109 Å². The number of aryl methyl sites for hydroxylation is 1. The lowest BCUT2D eigenvalue weighted by atomic mass is 9.93. The lowest BCUT2D eigenvalue weighted by Gasteiger charge is -2.53. The highest BCUT2D eigenvalue weighted by atomic mass is 19.3. The third kappa shape index (κ3) is 7.07. The number of carbonyl (C=O) groups is 3. The molecule has 3 aromatic heterocycles. The van der Waals surface area contributed by atoms with Crippen molar-refractivity contribution < 1.29 is 23.2 Å². The van der Waals surface area contributed by atoms with Gasteiger partial charge in [-0.05, 0) is 67.5 Å². The maximum absolute atomic E-state index is 16.1. The van der Waals surface area contributed by atoms with E-state index in [-0.39, 0.29) is 49.0 Å². The largest absolute Gasteiger partial charge is 0.385 e. The minimum atomic E-state index is -2.85. The van der Waals surface area contributed by atoms with Crippen molar-refractivity contribution in [2.45, 2.75) is 75.2 Å². The number of imidazole rings is 2. The van der Waals surface area contributed by atoms with Crippen molar-refractivity contribution in [2.75, 3.05) is 81.1 Å². The molecular weight excluding hydrogens is 825 g/mol. The normalized spacial score (nSPS) is 23.4. The highest BCUT2D eigenvalue weighted by molar-refractivity contribution is 6.00. The number of piperidine rings is 2. The molecule has 1 aliphatic carbocycles. The van der Waals surface area contributed by atoms with Crippen LogP contribution in [0.15, 0.2) is 53.5 Å². The third-order valence-corrected chi connectivity index (χ3v) is 14.4. The number of rotatable bonds is 10. The summed E-state index contributed by atoms with van der Waals surface area (Å²) in [7, 11) is 3.52. The summed E-state index contributed by atoms with van der Waals surface area (Å²) in [5.74, 6) is -3.14. The predicted octanol–water partition coefficient (Wildman–Crippen LogP) is 2.70. The molecule has 1 saturated carbocycles. The number of piperazine rings is 1. The number of anilines is 4. The van der Waals surface area contributed by atoms with Crippen LogP contribution in [0.1, 0.15) is 59.8 Å². The Labute approximate surface area is 367 Å². The van der Waals surface area contributed by atoms with Crippen LogP contribution in [0.25, 0.3) is 16.7 Å². The lowest BCUT2D eigenvalue weighted by Crippen LogP contribution is -2.69. The van der Waals surface area contributed by atoms with Crippen LogP contribution >= 0.6 is 0 Å². The molecule has 64 heavy (non-hydrogen) atoms. The molecule has 5 aromatic rings. The van der Waals surface area contributed by atoms with Crippen LogP contribution in [-0.2, 0) is 29.6 Å². The smallest absolute Gasteiger partial charge is 0.329 e. The Morgan fingerprint density at radius 1 is 0.922 bits per heavy atom. The quantitative estimate of drug-likeness (QED) is 0.177. The topological polar surface area (TPSA) is 161 Å². The van der Waals surface area contributed by atoms with Crippen molar-refractivity contribution in [2.24, 2.45) is 7.05 Å². The SMILES string of the molecule is CNc1cc(N2CCc3c(CN4CCC(N5CC(N6CCN(c7ccc8c(c7)n(C)c(=O)n8C7CCC(=O)NC7=O)CC6)C5)C(F)(F)C4)cccc32)nn2c(C(=O)NC3CC3)cnc12. The van der Waals surface area contributed by atoms with Crippen LogP contribution in [0.3, 0.4) is 0 Å². The van der Waals surface area contributed by atoms with Crippen LogP contribution in [0, 0.1) is 0 Å². The van der Waals surface area contributed by atoms with E-state index in [0.29, 0.717) is 61.8 Å². The number of hydrogen-bond donors (Lipinski definition) is 3. The van der Waals surface area contributed by atoms with E-state index in [4.69, 9.17) is 5.10 Å². The zero-order chi connectivity index (χ0) is 44.0. The minimum Gasteiger partial charge on any atom is -0.385 e. The second kappa shape index (κ2) is 15.7. The summed E-state index contributed by atoms with van der Waals surface area (Å²) in [4.78, 5) is 65.9. The summed E-state index contributed by atoms with van der Waals surface area (Å²) >= 11 is 0. The summed E-state index contributed by atoms with van der Waals surface area (Å²) in [5.41, 5.74) is 6.97. The molecule has 3 N–H and O–H groups in total. The fourth-order valence-corrected chi connectivity index (χ4v) is 10.7. The van der Waals surface area contributed by atoms with Crippen LogP contribution in [0.5, 0.6) is 0 Å². The molecule has 2 unspecified atom stereocenters. The van der Waals surface area contributed by atoms with Crippen molar-refractivity contribution in [3.05, 3.63) is 76.0 Å². The number of benzene rings is 2. The number of hydrogen-bond acceptors (Lipinski definition) is 12. The Balaban J connectivity index is 0.699. The molecule has 8 heterocycles. The molecule has 19 heteroatoms. The van der Waals surface area contributed by atoms with Gasteiger partial charge >= 0.3 is 5.69 Å². The summed E-state index contributed by atoms with van der Waals surface area (Å²) in [5, 5.41) is 13.5. The van der Waals surface area contributed by atoms with Gasteiger partial charge in [0.15, 0.2) is 17.2 Å².